The molecule has 1 N–H and O–H groups in total. The van der Waals surface area contributed by atoms with E-state index in [0.29, 0.717) is 31.2 Å². The maximum atomic E-state index is 12.7. The highest BCUT2D eigenvalue weighted by atomic mass is 16.5. The van der Waals surface area contributed by atoms with Gasteiger partial charge in [0.1, 0.15) is 0 Å². The van der Waals surface area contributed by atoms with Crippen LogP contribution in [0, 0.1) is 6.92 Å². The number of amides is 2. The topological polar surface area (TPSA) is 88.3 Å². The fourth-order valence-corrected chi connectivity index (χ4v) is 3.88. The molecule has 1 fully saturated rings. The van der Waals surface area contributed by atoms with Gasteiger partial charge in [0.2, 0.25) is 23.5 Å². The minimum atomic E-state index is -0.113. The van der Waals surface area contributed by atoms with Gasteiger partial charge in [-0.25, -0.2) is 0 Å². The highest BCUT2D eigenvalue weighted by Gasteiger charge is 2.27. The van der Waals surface area contributed by atoms with Gasteiger partial charge in [0, 0.05) is 37.2 Å². The second kappa shape index (κ2) is 9.12. The van der Waals surface area contributed by atoms with E-state index in [1.165, 1.54) is 6.92 Å². The van der Waals surface area contributed by atoms with Gasteiger partial charge in [-0.1, -0.05) is 29.4 Å². The van der Waals surface area contributed by atoms with Crippen molar-refractivity contribution < 1.29 is 14.1 Å². The Morgan fingerprint density at radius 3 is 2.48 bits per heavy atom. The molecule has 1 aromatic heterocycles. The van der Waals surface area contributed by atoms with Crippen LogP contribution in [0.3, 0.4) is 0 Å². The van der Waals surface area contributed by atoms with Gasteiger partial charge in [-0.3, -0.25) is 9.59 Å². The van der Waals surface area contributed by atoms with Gasteiger partial charge in [0.25, 0.3) is 0 Å². The van der Waals surface area contributed by atoms with Gasteiger partial charge in [-0.15, -0.1) is 0 Å². The van der Waals surface area contributed by atoms with E-state index in [1.54, 1.807) is 0 Å². The number of aromatic nitrogens is 2. The quantitative estimate of drug-likeness (QED) is 0.678. The maximum Gasteiger partial charge on any atom is 0.230 e. The van der Waals surface area contributed by atoms with Crippen LogP contribution in [-0.2, 0) is 16.0 Å². The Labute approximate surface area is 181 Å². The minimum absolute atomic E-state index is 0.113. The number of anilines is 1. The largest absolute Gasteiger partial charge is 0.342 e. The number of nitrogens with zero attached hydrogens (tertiary/aromatic N) is 3. The molecule has 0 aliphatic carbocycles. The predicted octanol–water partition coefficient (Wildman–Crippen LogP) is 3.95. The number of piperidine rings is 1. The second-order valence-electron chi connectivity index (χ2n) is 7.97. The Morgan fingerprint density at radius 2 is 1.81 bits per heavy atom. The molecular formula is C24H26N4O3. The smallest absolute Gasteiger partial charge is 0.230 e. The minimum Gasteiger partial charge on any atom is -0.342 e. The molecule has 2 amide bonds. The molecule has 31 heavy (non-hydrogen) atoms. The normalized spacial score (nSPS) is 14.5. The lowest BCUT2D eigenvalue weighted by atomic mass is 9.96. The molecule has 160 valence electrons. The SMILES string of the molecule is CC(=O)Nc1ccc(-c2noc(C3CCN(C(=O)Cc4ccccc4C)CC3)n2)cc1. The summed E-state index contributed by atoms with van der Waals surface area (Å²) in [5, 5.41) is 6.85. The first-order valence-corrected chi connectivity index (χ1v) is 10.5. The van der Waals surface area contributed by atoms with Crippen LogP contribution in [0.1, 0.15) is 42.7 Å². The van der Waals surface area contributed by atoms with Crippen molar-refractivity contribution in [1.29, 1.82) is 0 Å². The lowest BCUT2D eigenvalue weighted by Crippen LogP contribution is -2.38. The molecule has 1 aliphatic rings. The number of hydrogen-bond donors (Lipinski definition) is 1. The van der Waals surface area contributed by atoms with Crippen LogP contribution in [0.4, 0.5) is 5.69 Å². The lowest BCUT2D eigenvalue weighted by Gasteiger charge is -2.30. The summed E-state index contributed by atoms with van der Waals surface area (Å²) in [4.78, 5) is 30.3. The van der Waals surface area contributed by atoms with Crippen LogP contribution in [0.2, 0.25) is 0 Å². The third-order valence-electron chi connectivity index (χ3n) is 5.71. The first-order valence-electron chi connectivity index (χ1n) is 10.5. The summed E-state index contributed by atoms with van der Waals surface area (Å²) >= 11 is 0. The van der Waals surface area contributed by atoms with E-state index in [9.17, 15) is 9.59 Å². The first-order chi connectivity index (χ1) is 15.0. The third kappa shape index (κ3) is 4.99. The van der Waals surface area contributed by atoms with Gasteiger partial charge in [0.15, 0.2) is 0 Å². The summed E-state index contributed by atoms with van der Waals surface area (Å²) in [6.45, 7) is 4.90. The Balaban J connectivity index is 1.34. The predicted molar refractivity (Wildman–Crippen MR) is 117 cm³/mol. The zero-order chi connectivity index (χ0) is 21.8. The van der Waals surface area contributed by atoms with Crippen LogP contribution in [0.15, 0.2) is 53.1 Å². The van der Waals surface area contributed by atoms with Gasteiger partial charge in [-0.2, -0.15) is 4.98 Å². The van der Waals surface area contributed by atoms with Crippen molar-refractivity contribution in [2.75, 3.05) is 18.4 Å². The van der Waals surface area contributed by atoms with E-state index in [4.69, 9.17) is 4.52 Å². The van der Waals surface area contributed by atoms with Crippen LogP contribution in [0.5, 0.6) is 0 Å². The molecule has 7 heteroatoms. The number of likely N-dealkylation sites (tertiary alicyclic amines) is 1. The van der Waals surface area contributed by atoms with E-state index in [1.807, 2.05) is 60.4 Å². The van der Waals surface area contributed by atoms with Crippen molar-refractivity contribution in [2.24, 2.45) is 0 Å². The Kier molecular flexibility index (Phi) is 6.11. The van der Waals surface area contributed by atoms with Crippen LogP contribution < -0.4 is 5.32 Å². The fraction of sp³-hybridized carbons (Fsp3) is 0.333. The maximum absolute atomic E-state index is 12.7. The number of rotatable bonds is 5. The molecule has 0 atom stereocenters. The summed E-state index contributed by atoms with van der Waals surface area (Å²) in [6.07, 6.45) is 2.06. The molecule has 0 radical (unpaired) electrons. The molecule has 3 aromatic rings. The van der Waals surface area contributed by atoms with Crippen LogP contribution >= 0.6 is 0 Å². The van der Waals surface area contributed by atoms with Crippen molar-refractivity contribution in [3.05, 3.63) is 65.5 Å². The van der Waals surface area contributed by atoms with Crippen LogP contribution in [-0.4, -0.2) is 39.9 Å². The van der Waals surface area contributed by atoms with E-state index in [0.717, 1.165) is 35.2 Å². The van der Waals surface area contributed by atoms with Crippen molar-refractivity contribution in [3.63, 3.8) is 0 Å². The summed E-state index contributed by atoms with van der Waals surface area (Å²) in [6, 6.07) is 15.3. The van der Waals surface area contributed by atoms with Gasteiger partial charge >= 0.3 is 0 Å². The molecule has 0 bridgehead atoms. The molecule has 2 heterocycles. The van der Waals surface area contributed by atoms with Crippen molar-refractivity contribution in [3.8, 4) is 11.4 Å². The Bertz CT molecular complexity index is 1070. The molecule has 7 nitrogen and oxygen atoms in total. The standard InChI is InChI=1S/C24H26N4O3/c1-16-5-3-4-6-20(16)15-22(30)28-13-11-19(12-14-28)24-26-23(27-31-24)18-7-9-21(10-8-18)25-17(2)29/h3-10,19H,11-15H2,1-2H3,(H,25,29). The Morgan fingerprint density at radius 1 is 1.10 bits per heavy atom. The highest BCUT2D eigenvalue weighted by Crippen LogP contribution is 2.29. The number of carbonyl (C=O) groups is 2. The first kappa shape index (κ1) is 20.8. The zero-order valence-corrected chi connectivity index (χ0v) is 17.8. The van der Waals surface area contributed by atoms with E-state index in [-0.39, 0.29) is 17.7 Å². The van der Waals surface area contributed by atoms with Crippen molar-refractivity contribution in [2.45, 2.75) is 39.0 Å². The van der Waals surface area contributed by atoms with Crippen molar-refractivity contribution >= 4 is 17.5 Å². The molecule has 1 saturated heterocycles. The average molecular weight is 418 g/mol. The van der Waals surface area contributed by atoms with Gasteiger partial charge in [-0.05, 0) is 55.2 Å². The lowest BCUT2D eigenvalue weighted by molar-refractivity contribution is -0.131. The van der Waals surface area contributed by atoms with E-state index in [2.05, 4.69) is 15.5 Å². The van der Waals surface area contributed by atoms with Crippen molar-refractivity contribution in [1.82, 2.24) is 15.0 Å². The van der Waals surface area contributed by atoms with E-state index < -0.39 is 0 Å². The zero-order valence-electron chi connectivity index (χ0n) is 17.8. The molecule has 0 spiro atoms. The Hall–Kier alpha value is -3.48. The second-order valence-corrected chi connectivity index (χ2v) is 7.97. The third-order valence-corrected chi connectivity index (χ3v) is 5.71. The van der Waals surface area contributed by atoms with Crippen LogP contribution in [0.25, 0.3) is 11.4 Å². The number of carbonyl (C=O) groups excluding carboxylic acids is 2. The van der Waals surface area contributed by atoms with Gasteiger partial charge in [0.05, 0.1) is 6.42 Å². The number of aryl methyl sites for hydroxylation is 1. The average Bonchev–Trinajstić information content (AvgIpc) is 3.26. The highest BCUT2D eigenvalue weighted by molar-refractivity contribution is 5.88. The van der Waals surface area contributed by atoms with E-state index >= 15 is 0 Å². The molecular weight excluding hydrogens is 392 g/mol. The number of nitrogens with one attached hydrogen (secondary N) is 1. The molecule has 0 saturated carbocycles. The summed E-state index contributed by atoms with van der Waals surface area (Å²) in [5.74, 6) is 1.35. The summed E-state index contributed by atoms with van der Waals surface area (Å²) in [7, 11) is 0. The molecule has 4 rings (SSSR count). The fourth-order valence-electron chi connectivity index (χ4n) is 3.88. The van der Waals surface area contributed by atoms with Gasteiger partial charge < -0.3 is 14.7 Å². The molecule has 2 aromatic carbocycles. The molecule has 1 aliphatic heterocycles. The number of benzene rings is 2. The summed E-state index contributed by atoms with van der Waals surface area (Å²) < 4.78 is 5.53. The summed E-state index contributed by atoms with van der Waals surface area (Å²) in [5.41, 5.74) is 3.78. The monoisotopic (exact) mass is 418 g/mol. The molecule has 0 unspecified atom stereocenters. The number of hydrogen-bond acceptors (Lipinski definition) is 5.